The van der Waals surface area contributed by atoms with Crippen LogP contribution in [-0.2, 0) is 9.53 Å². The molecule has 31 heavy (non-hydrogen) atoms. The molecular formula is C29H48O2. The van der Waals surface area contributed by atoms with E-state index in [1.165, 1.54) is 51.4 Å². The Hall–Kier alpha value is -0.790. The van der Waals surface area contributed by atoms with Gasteiger partial charge >= 0.3 is 5.97 Å². The molecule has 0 heterocycles. The minimum atomic E-state index is -0.0933. The molecule has 0 aliphatic heterocycles. The second kappa shape index (κ2) is 8.86. The van der Waals surface area contributed by atoms with E-state index in [2.05, 4.69) is 46.8 Å². The van der Waals surface area contributed by atoms with Gasteiger partial charge in [-0.05, 0) is 116 Å². The Balaban J connectivity index is 1.46. The van der Waals surface area contributed by atoms with Gasteiger partial charge < -0.3 is 4.74 Å². The van der Waals surface area contributed by atoms with E-state index in [4.69, 9.17) is 4.74 Å². The summed E-state index contributed by atoms with van der Waals surface area (Å²) in [5.74, 6) is 5.77. The van der Waals surface area contributed by atoms with Crippen molar-refractivity contribution in [2.45, 2.75) is 112 Å². The Bertz CT molecular complexity index is 680. The van der Waals surface area contributed by atoms with E-state index in [0.717, 1.165) is 54.3 Å². The van der Waals surface area contributed by atoms with Gasteiger partial charge in [0, 0.05) is 6.92 Å². The molecule has 0 aromatic heterocycles. The third-order valence-corrected chi connectivity index (χ3v) is 10.7. The molecule has 0 spiro atoms. The first kappa shape index (κ1) is 23.4. The molecule has 4 aliphatic rings. The van der Waals surface area contributed by atoms with E-state index in [-0.39, 0.29) is 12.1 Å². The largest absolute Gasteiger partial charge is 0.463 e. The third-order valence-electron chi connectivity index (χ3n) is 10.7. The van der Waals surface area contributed by atoms with Crippen LogP contribution in [0.1, 0.15) is 106 Å². The molecule has 176 valence electrons. The number of hydrogen-bond donors (Lipinski definition) is 0. The summed E-state index contributed by atoms with van der Waals surface area (Å²) in [7, 11) is 0. The van der Waals surface area contributed by atoms with Crippen LogP contribution in [0.15, 0.2) is 12.2 Å². The van der Waals surface area contributed by atoms with E-state index in [9.17, 15) is 4.79 Å². The van der Waals surface area contributed by atoms with Crippen molar-refractivity contribution in [3.05, 3.63) is 12.2 Å². The summed E-state index contributed by atoms with van der Waals surface area (Å²) in [5.41, 5.74) is 1.02. The predicted molar refractivity (Wildman–Crippen MR) is 129 cm³/mol. The van der Waals surface area contributed by atoms with Crippen molar-refractivity contribution in [2.75, 3.05) is 0 Å². The zero-order valence-electron chi connectivity index (χ0n) is 21.2. The zero-order valence-corrected chi connectivity index (χ0v) is 21.2. The second-order valence-corrected chi connectivity index (χ2v) is 12.8. The standard InChI is InChI=1S/C29H48O2/c1-19(2)8-7-9-20(3)25-12-13-26-24-11-10-22-18-23(31-21(4)30)14-16-28(22,5)27(24)15-17-29(25,26)6/h7,9,19-20,22-27H,8,10-18H2,1-6H3/b9-7+/t20-,22+,23+,24+,25-,26+,27+,28+,29-/m1/s1. The number of hydrogen-bond acceptors (Lipinski definition) is 2. The van der Waals surface area contributed by atoms with Gasteiger partial charge in [0.1, 0.15) is 6.10 Å². The molecule has 4 rings (SSSR count). The van der Waals surface area contributed by atoms with Crippen molar-refractivity contribution in [1.82, 2.24) is 0 Å². The number of allylic oxidation sites excluding steroid dienone is 2. The minimum Gasteiger partial charge on any atom is -0.463 e. The van der Waals surface area contributed by atoms with E-state index in [0.29, 0.717) is 10.8 Å². The summed E-state index contributed by atoms with van der Waals surface area (Å²) in [4.78, 5) is 11.5. The van der Waals surface area contributed by atoms with Gasteiger partial charge in [-0.25, -0.2) is 0 Å². The molecule has 0 aromatic rings. The zero-order chi connectivity index (χ0) is 22.4. The summed E-state index contributed by atoms with van der Waals surface area (Å²) in [6.45, 7) is 14.0. The maximum Gasteiger partial charge on any atom is 0.302 e. The molecule has 0 amide bonds. The lowest BCUT2D eigenvalue weighted by atomic mass is 9.44. The van der Waals surface area contributed by atoms with Crippen LogP contribution in [-0.4, -0.2) is 12.1 Å². The van der Waals surface area contributed by atoms with Crippen LogP contribution < -0.4 is 0 Å². The maximum absolute atomic E-state index is 11.5. The van der Waals surface area contributed by atoms with Gasteiger partial charge in [0.25, 0.3) is 0 Å². The van der Waals surface area contributed by atoms with Crippen molar-refractivity contribution in [2.24, 2.45) is 52.3 Å². The summed E-state index contributed by atoms with van der Waals surface area (Å²) in [6, 6.07) is 0. The molecule has 4 saturated carbocycles. The second-order valence-electron chi connectivity index (χ2n) is 12.8. The van der Waals surface area contributed by atoms with Gasteiger partial charge in [-0.2, -0.15) is 0 Å². The van der Waals surface area contributed by atoms with Crippen molar-refractivity contribution < 1.29 is 9.53 Å². The molecule has 2 nitrogen and oxygen atoms in total. The number of esters is 1. The van der Waals surface area contributed by atoms with Crippen LogP contribution >= 0.6 is 0 Å². The number of ether oxygens (including phenoxy) is 1. The molecule has 0 aromatic carbocycles. The highest BCUT2D eigenvalue weighted by atomic mass is 16.5. The molecule has 4 fully saturated rings. The predicted octanol–water partition coefficient (Wildman–Crippen LogP) is 7.82. The van der Waals surface area contributed by atoms with Crippen LogP contribution in [0.5, 0.6) is 0 Å². The highest BCUT2D eigenvalue weighted by molar-refractivity contribution is 5.66. The molecule has 4 aliphatic carbocycles. The summed E-state index contributed by atoms with van der Waals surface area (Å²) in [5, 5.41) is 0. The van der Waals surface area contributed by atoms with E-state index < -0.39 is 0 Å². The van der Waals surface area contributed by atoms with Gasteiger partial charge in [0.15, 0.2) is 0 Å². The third kappa shape index (κ3) is 4.26. The van der Waals surface area contributed by atoms with Crippen LogP contribution in [0, 0.1) is 52.3 Å². The first-order chi connectivity index (χ1) is 14.6. The lowest BCUT2D eigenvalue weighted by Crippen LogP contribution is -2.54. The van der Waals surface area contributed by atoms with Gasteiger partial charge in [-0.3, -0.25) is 4.79 Å². The fraction of sp³-hybridized carbons (Fsp3) is 0.897. The molecule has 0 N–H and O–H groups in total. The molecule has 0 unspecified atom stereocenters. The Kier molecular flexibility index (Phi) is 6.68. The average Bonchev–Trinajstić information content (AvgIpc) is 3.05. The van der Waals surface area contributed by atoms with Crippen molar-refractivity contribution in [3.63, 3.8) is 0 Å². The monoisotopic (exact) mass is 428 g/mol. The molecular weight excluding hydrogens is 380 g/mol. The topological polar surface area (TPSA) is 26.3 Å². The van der Waals surface area contributed by atoms with Crippen molar-refractivity contribution >= 4 is 5.97 Å². The Labute approximate surface area is 192 Å². The van der Waals surface area contributed by atoms with E-state index >= 15 is 0 Å². The number of carbonyl (C=O) groups excluding carboxylic acids is 1. The van der Waals surface area contributed by atoms with Gasteiger partial charge in [-0.15, -0.1) is 0 Å². The summed E-state index contributed by atoms with van der Waals surface area (Å²) >= 11 is 0. The molecule has 0 radical (unpaired) electrons. The van der Waals surface area contributed by atoms with E-state index in [1.54, 1.807) is 6.92 Å². The smallest absolute Gasteiger partial charge is 0.302 e. The number of fused-ring (bicyclic) bond motifs is 5. The van der Waals surface area contributed by atoms with Gasteiger partial charge in [-0.1, -0.05) is 46.8 Å². The summed E-state index contributed by atoms with van der Waals surface area (Å²) < 4.78 is 5.65. The first-order valence-corrected chi connectivity index (χ1v) is 13.5. The van der Waals surface area contributed by atoms with Gasteiger partial charge in [0.05, 0.1) is 0 Å². The SMILES string of the molecule is CC(=O)O[C@H]1CC[C@@]2(C)[C@@H](CC[C@@H]3[C@@H]2CC[C@]2(C)[C@@H]([C@H](C)/C=C/CC(C)C)CC[C@@H]32)C1. The van der Waals surface area contributed by atoms with E-state index in [1.807, 2.05) is 0 Å². The maximum atomic E-state index is 11.5. The minimum absolute atomic E-state index is 0.0933. The fourth-order valence-corrected chi connectivity index (χ4v) is 9.16. The van der Waals surface area contributed by atoms with Crippen LogP contribution in [0.4, 0.5) is 0 Å². The Morgan fingerprint density at radius 1 is 0.968 bits per heavy atom. The van der Waals surface area contributed by atoms with Crippen LogP contribution in [0.3, 0.4) is 0 Å². The number of carbonyl (C=O) groups is 1. The Morgan fingerprint density at radius 3 is 2.39 bits per heavy atom. The Morgan fingerprint density at radius 2 is 1.68 bits per heavy atom. The highest BCUT2D eigenvalue weighted by Gasteiger charge is 2.60. The molecule has 2 heteroatoms. The fourth-order valence-electron chi connectivity index (χ4n) is 9.16. The quantitative estimate of drug-likeness (QED) is 0.329. The highest BCUT2D eigenvalue weighted by Crippen LogP contribution is 2.68. The van der Waals surface area contributed by atoms with Gasteiger partial charge in [0.2, 0.25) is 0 Å². The number of rotatable bonds is 5. The summed E-state index contributed by atoms with van der Waals surface area (Å²) in [6.07, 6.45) is 18.4. The molecule has 0 bridgehead atoms. The lowest BCUT2D eigenvalue weighted by molar-refractivity contribution is -0.160. The van der Waals surface area contributed by atoms with Crippen molar-refractivity contribution in [3.8, 4) is 0 Å². The van der Waals surface area contributed by atoms with Crippen LogP contribution in [0.2, 0.25) is 0 Å². The molecule has 9 atom stereocenters. The first-order valence-electron chi connectivity index (χ1n) is 13.5. The van der Waals surface area contributed by atoms with Crippen LogP contribution in [0.25, 0.3) is 0 Å². The molecule has 0 saturated heterocycles. The normalized spacial score (nSPS) is 45.8. The average molecular weight is 429 g/mol. The lowest BCUT2D eigenvalue weighted by Gasteiger charge is -2.61. The van der Waals surface area contributed by atoms with Crippen molar-refractivity contribution in [1.29, 1.82) is 0 Å².